The molecule has 3 radical (unpaired) electrons. The summed E-state index contributed by atoms with van der Waals surface area (Å²) in [4.78, 5) is 7.07. The second kappa shape index (κ2) is 2.49. The quantitative estimate of drug-likeness (QED) is 0.572. The van der Waals surface area contributed by atoms with Gasteiger partial charge in [0.15, 0.2) is 0 Å². The monoisotopic (exact) mass is 132 g/mol. The van der Waals surface area contributed by atoms with E-state index in [0.717, 1.165) is 11.0 Å². The normalized spacial score (nSPS) is 9.20. The van der Waals surface area contributed by atoms with Gasteiger partial charge in [-0.1, -0.05) is 12.1 Å². The van der Waals surface area contributed by atoms with E-state index in [0.29, 0.717) is 0 Å². The average Bonchev–Trinajstić information content (AvgIpc) is 2.33. The van der Waals surface area contributed by atoms with Crippen LogP contribution in [0.3, 0.4) is 0 Å². The molecule has 0 atom stereocenters. The Morgan fingerprint density at radius 3 is 2.80 bits per heavy atom. The lowest BCUT2D eigenvalue weighted by atomic mass is 10.3. The summed E-state index contributed by atoms with van der Waals surface area (Å²) in [6.45, 7) is 0. The van der Waals surface area contributed by atoms with Crippen molar-refractivity contribution in [2.75, 3.05) is 0 Å². The first-order valence-corrected chi connectivity index (χ1v) is 2.85. The van der Waals surface area contributed by atoms with Crippen LogP contribution in [0.4, 0.5) is 0 Å². The SMILES string of the molecule is [N].c1ccc2[nH]cnc2c1. The van der Waals surface area contributed by atoms with Crippen molar-refractivity contribution in [3.05, 3.63) is 30.6 Å². The van der Waals surface area contributed by atoms with Gasteiger partial charge in [-0.25, -0.2) is 4.98 Å². The number of H-pyrrole nitrogens is 1. The van der Waals surface area contributed by atoms with E-state index in [4.69, 9.17) is 0 Å². The van der Waals surface area contributed by atoms with Crippen LogP contribution in [0.25, 0.3) is 11.0 Å². The van der Waals surface area contributed by atoms with Crippen molar-refractivity contribution in [1.82, 2.24) is 16.1 Å². The van der Waals surface area contributed by atoms with Crippen molar-refractivity contribution < 1.29 is 0 Å². The number of fused-ring (bicyclic) bond motifs is 1. The largest absolute Gasteiger partial charge is 0.345 e. The highest BCUT2D eigenvalue weighted by Crippen LogP contribution is 2.05. The van der Waals surface area contributed by atoms with E-state index in [9.17, 15) is 0 Å². The molecule has 1 aromatic carbocycles. The molecule has 0 saturated carbocycles. The molecule has 0 saturated heterocycles. The standard InChI is InChI=1S/C7H6N2.N/c1-2-4-7-6(3-1)8-5-9-7;/h1-5H,(H,8,9);. The average molecular weight is 132 g/mol. The van der Waals surface area contributed by atoms with Gasteiger partial charge in [-0.3, -0.25) is 0 Å². The molecule has 0 aliphatic rings. The summed E-state index contributed by atoms with van der Waals surface area (Å²) < 4.78 is 0. The summed E-state index contributed by atoms with van der Waals surface area (Å²) in [5.74, 6) is 0. The molecule has 2 rings (SSSR count). The third-order valence-electron chi connectivity index (χ3n) is 1.33. The van der Waals surface area contributed by atoms with E-state index in [-0.39, 0.29) is 6.15 Å². The van der Waals surface area contributed by atoms with Crippen LogP contribution in [0.2, 0.25) is 0 Å². The minimum absolute atomic E-state index is 0. The van der Waals surface area contributed by atoms with Crippen LogP contribution in [0.5, 0.6) is 0 Å². The molecule has 49 valence electrons. The van der Waals surface area contributed by atoms with Gasteiger partial charge in [0.05, 0.1) is 17.4 Å². The minimum Gasteiger partial charge on any atom is -0.345 e. The number of benzene rings is 1. The first-order chi connectivity index (χ1) is 4.47. The van der Waals surface area contributed by atoms with Gasteiger partial charge in [0.25, 0.3) is 0 Å². The van der Waals surface area contributed by atoms with Gasteiger partial charge in [-0.05, 0) is 12.1 Å². The molecule has 0 unspecified atom stereocenters. The summed E-state index contributed by atoms with van der Waals surface area (Å²) in [5.41, 5.74) is 2.12. The van der Waals surface area contributed by atoms with E-state index in [1.807, 2.05) is 24.3 Å². The number of nitrogens with zero attached hydrogens (tertiary/aromatic N) is 2. The molecule has 3 heteroatoms. The van der Waals surface area contributed by atoms with Gasteiger partial charge in [0.1, 0.15) is 0 Å². The third-order valence-corrected chi connectivity index (χ3v) is 1.33. The molecule has 2 aromatic rings. The Hall–Kier alpha value is -1.35. The summed E-state index contributed by atoms with van der Waals surface area (Å²) >= 11 is 0. The summed E-state index contributed by atoms with van der Waals surface area (Å²) in [5, 5.41) is 0. The molecule has 0 aliphatic heterocycles. The number of hydrogen-bond donors (Lipinski definition) is 1. The number of aromatic nitrogens is 2. The molecular formula is C7H6N3. The molecule has 0 aliphatic carbocycles. The first kappa shape index (κ1) is 6.77. The highest BCUT2D eigenvalue weighted by Gasteiger charge is 1.88. The van der Waals surface area contributed by atoms with Crippen molar-refractivity contribution in [3.63, 3.8) is 0 Å². The van der Waals surface area contributed by atoms with Crippen molar-refractivity contribution in [3.8, 4) is 0 Å². The highest BCUT2D eigenvalue weighted by atomic mass is 14.9. The predicted octanol–water partition coefficient (Wildman–Crippen LogP) is 1.08. The minimum atomic E-state index is 0. The fraction of sp³-hybridized carbons (Fsp3) is 0. The van der Waals surface area contributed by atoms with Crippen LogP contribution in [-0.4, -0.2) is 9.97 Å². The van der Waals surface area contributed by atoms with Crippen molar-refractivity contribution in [2.45, 2.75) is 0 Å². The van der Waals surface area contributed by atoms with Gasteiger partial charge < -0.3 is 4.98 Å². The lowest BCUT2D eigenvalue weighted by Crippen LogP contribution is -1.63. The lowest BCUT2D eigenvalue weighted by molar-refractivity contribution is 1.34. The maximum atomic E-state index is 4.06. The lowest BCUT2D eigenvalue weighted by Gasteiger charge is -1.81. The van der Waals surface area contributed by atoms with E-state index in [1.54, 1.807) is 6.33 Å². The van der Waals surface area contributed by atoms with Gasteiger partial charge >= 0.3 is 0 Å². The van der Waals surface area contributed by atoms with E-state index in [1.165, 1.54) is 0 Å². The molecule has 0 bridgehead atoms. The van der Waals surface area contributed by atoms with Crippen LogP contribution < -0.4 is 6.15 Å². The first-order valence-electron chi connectivity index (χ1n) is 2.85. The second-order valence-electron chi connectivity index (χ2n) is 1.92. The van der Waals surface area contributed by atoms with Crippen LogP contribution in [-0.2, 0) is 0 Å². The number of rotatable bonds is 0. The zero-order chi connectivity index (χ0) is 6.10. The Balaban J connectivity index is 0.000000500. The maximum Gasteiger partial charge on any atom is 0.0931 e. The molecule has 1 aromatic heterocycles. The summed E-state index contributed by atoms with van der Waals surface area (Å²) in [6, 6.07) is 7.94. The van der Waals surface area contributed by atoms with E-state index < -0.39 is 0 Å². The Bertz CT molecular complexity index is 283. The van der Waals surface area contributed by atoms with Crippen LogP contribution in [0.15, 0.2) is 30.6 Å². The molecule has 0 fully saturated rings. The van der Waals surface area contributed by atoms with Crippen molar-refractivity contribution in [2.24, 2.45) is 0 Å². The molecule has 0 spiro atoms. The topological polar surface area (TPSA) is 59.2 Å². The number of imidazole rings is 1. The Kier molecular flexibility index (Phi) is 1.69. The van der Waals surface area contributed by atoms with Gasteiger partial charge in [-0.15, -0.1) is 0 Å². The second-order valence-corrected chi connectivity index (χ2v) is 1.92. The molecule has 10 heavy (non-hydrogen) atoms. The highest BCUT2D eigenvalue weighted by molar-refractivity contribution is 5.73. The number of hydrogen-bond acceptors (Lipinski definition) is 1. The maximum absolute atomic E-state index is 4.06. The fourth-order valence-electron chi connectivity index (χ4n) is 0.880. The van der Waals surface area contributed by atoms with Crippen LogP contribution in [0.1, 0.15) is 0 Å². The predicted molar refractivity (Wildman–Crippen MR) is 38.2 cm³/mol. The molecule has 1 N–H and O–H groups in total. The number of para-hydroxylation sites is 2. The smallest absolute Gasteiger partial charge is 0.0931 e. The number of nitrogens with one attached hydrogen (secondary N) is 1. The number of aromatic amines is 1. The van der Waals surface area contributed by atoms with Crippen molar-refractivity contribution in [1.29, 1.82) is 0 Å². The molecule has 3 nitrogen and oxygen atoms in total. The van der Waals surface area contributed by atoms with Gasteiger partial charge in [0.2, 0.25) is 0 Å². The summed E-state index contributed by atoms with van der Waals surface area (Å²) in [7, 11) is 0. The fourth-order valence-corrected chi connectivity index (χ4v) is 0.880. The zero-order valence-corrected chi connectivity index (χ0v) is 5.28. The van der Waals surface area contributed by atoms with Crippen molar-refractivity contribution >= 4 is 11.0 Å². The summed E-state index contributed by atoms with van der Waals surface area (Å²) in [6.07, 6.45) is 1.70. The van der Waals surface area contributed by atoms with Crippen LogP contribution >= 0.6 is 0 Å². The zero-order valence-electron chi connectivity index (χ0n) is 5.28. The van der Waals surface area contributed by atoms with E-state index >= 15 is 0 Å². The molecular weight excluding hydrogens is 126 g/mol. The Morgan fingerprint density at radius 1 is 1.20 bits per heavy atom. The Labute approximate surface area is 58.7 Å². The third kappa shape index (κ3) is 0.867. The Morgan fingerprint density at radius 2 is 2.00 bits per heavy atom. The van der Waals surface area contributed by atoms with E-state index in [2.05, 4.69) is 9.97 Å². The molecule has 0 amide bonds. The van der Waals surface area contributed by atoms with Gasteiger partial charge in [-0.2, -0.15) is 0 Å². The van der Waals surface area contributed by atoms with Crippen LogP contribution in [0, 0.1) is 0 Å². The molecule has 1 heterocycles. The van der Waals surface area contributed by atoms with Gasteiger partial charge in [0, 0.05) is 6.15 Å².